The molecule has 132 valence electrons. The summed E-state index contributed by atoms with van der Waals surface area (Å²) >= 11 is 0. The van der Waals surface area contributed by atoms with Crippen LogP contribution in [0.5, 0.6) is 0 Å². The van der Waals surface area contributed by atoms with Crippen molar-refractivity contribution in [2.45, 2.75) is 26.3 Å². The van der Waals surface area contributed by atoms with E-state index in [1.165, 1.54) is 0 Å². The first-order valence-corrected chi connectivity index (χ1v) is 7.96. The minimum absolute atomic E-state index is 0. The van der Waals surface area contributed by atoms with Gasteiger partial charge in [-0.1, -0.05) is 0 Å². The highest BCUT2D eigenvalue weighted by Crippen LogP contribution is 2.32. The van der Waals surface area contributed by atoms with Crippen LogP contribution in [0, 0.1) is 5.41 Å². The molecule has 0 aromatic carbocycles. The van der Waals surface area contributed by atoms with Gasteiger partial charge in [0, 0.05) is 44.1 Å². The highest BCUT2D eigenvalue weighted by atomic mass is 127. The Kier molecular flexibility index (Phi) is 9.49. The van der Waals surface area contributed by atoms with Crippen LogP contribution in [0.15, 0.2) is 23.5 Å². The van der Waals surface area contributed by atoms with Crippen molar-refractivity contribution < 1.29 is 9.84 Å². The SMILES string of the molecule is CCNC(=NCC1(CCO)CCOC1)NCCn1cccn1.I. The summed E-state index contributed by atoms with van der Waals surface area (Å²) in [4.78, 5) is 4.68. The lowest BCUT2D eigenvalue weighted by atomic mass is 9.84. The lowest BCUT2D eigenvalue weighted by Crippen LogP contribution is -2.40. The van der Waals surface area contributed by atoms with E-state index in [0.29, 0.717) is 13.2 Å². The van der Waals surface area contributed by atoms with E-state index in [-0.39, 0.29) is 36.0 Å². The van der Waals surface area contributed by atoms with Crippen LogP contribution < -0.4 is 10.6 Å². The predicted molar refractivity (Wildman–Crippen MR) is 101 cm³/mol. The Hall–Kier alpha value is -0.870. The van der Waals surface area contributed by atoms with E-state index in [0.717, 1.165) is 45.0 Å². The van der Waals surface area contributed by atoms with Gasteiger partial charge in [-0.3, -0.25) is 9.67 Å². The molecular formula is C15H28IN5O2. The van der Waals surface area contributed by atoms with Gasteiger partial charge in [0.15, 0.2) is 5.96 Å². The van der Waals surface area contributed by atoms with Gasteiger partial charge in [0.1, 0.15) is 0 Å². The molecule has 2 heterocycles. The largest absolute Gasteiger partial charge is 0.396 e. The van der Waals surface area contributed by atoms with Crippen LogP contribution in [0.1, 0.15) is 19.8 Å². The van der Waals surface area contributed by atoms with Crippen LogP contribution in [0.4, 0.5) is 0 Å². The van der Waals surface area contributed by atoms with Gasteiger partial charge in [-0.25, -0.2) is 0 Å². The number of hydrogen-bond acceptors (Lipinski definition) is 4. The minimum atomic E-state index is -0.0148. The van der Waals surface area contributed by atoms with Crippen molar-refractivity contribution in [3.8, 4) is 0 Å². The van der Waals surface area contributed by atoms with Crippen LogP contribution in [-0.4, -0.2) is 60.3 Å². The van der Waals surface area contributed by atoms with Gasteiger partial charge in [-0.05, 0) is 25.8 Å². The second-order valence-electron chi connectivity index (χ2n) is 5.67. The van der Waals surface area contributed by atoms with Gasteiger partial charge in [-0.2, -0.15) is 5.10 Å². The molecule has 0 amide bonds. The number of guanidine groups is 1. The molecule has 1 unspecified atom stereocenters. The van der Waals surface area contributed by atoms with E-state index in [9.17, 15) is 5.11 Å². The Morgan fingerprint density at radius 1 is 1.48 bits per heavy atom. The number of aromatic nitrogens is 2. The number of aliphatic hydroxyl groups is 1. The molecule has 0 spiro atoms. The summed E-state index contributed by atoms with van der Waals surface area (Å²) in [5.41, 5.74) is -0.0148. The maximum Gasteiger partial charge on any atom is 0.191 e. The molecule has 1 aromatic rings. The zero-order valence-electron chi connectivity index (χ0n) is 13.7. The van der Waals surface area contributed by atoms with Gasteiger partial charge >= 0.3 is 0 Å². The smallest absolute Gasteiger partial charge is 0.191 e. The minimum Gasteiger partial charge on any atom is -0.396 e. The van der Waals surface area contributed by atoms with E-state index in [2.05, 4.69) is 20.7 Å². The second-order valence-corrected chi connectivity index (χ2v) is 5.67. The lowest BCUT2D eigenvalue weighted by Gasteiger charge is -2.24. The molecular weight excluding hydrogens is 409 g/mol. The van der Waals surface area contributed by atoms with Gasteiger partial charge in [0.25, 0.3) is 0 Å². The maximum atomic E-state index is 9.26. The third kappa shape index (κ3) is 6.64. The Morgan fingerprint density at radius 2 is 2.35 bits per heavy atom. The van der Waals surface area contributed by atoms with Crippen molar-refractivity contribution >= 4 is 29.9 Å². The van der Waals surface area contributed by atoms with Crippen molar-refractivity contribution in [3.63, 3.8) is 0 Å². The standard InChI is InChI=1S/C15H27N5O2.HI/c1-2-16-14(17-7-9-20-8-3-6-19-20)18-12-15(4-10-21)5-11-22-13-15;/h3,6,8,21H,2,4-5,7,9-13H2,1H3,(H2,16,17,18);1H. The Balaban J connectivity index is 0.00000264. The summed E-state index contributed by atoms with van der Waals surface area (Å²) in [5, 5.41) is 20.0. The Bertz CT molecular complexity index is 447. The molecule has 1 atom stereocenters. The number of nitrogens with zero attached hydrogens (tertiary/aromatic N) is 3. The maximum absolute atomic E-state index is 9.26. The highest BCUT2D eigenvalue weighted by Gasteiger charge is 2.34. The zero-order valence-corrected chi connectivity index (χ0v) is 16.0. The number of aliphatic hydroxyl groups excluding tert-OH is 1. The topological polar surface area (TPSA) is 83.7 Å². The molecule has 2 rings (SSSR count). The average Bonchev–Trinajstić information content (AvgIpc) is 3.17. The van der Waals surface area contributed by atoms with Crippen LogP contribution in [-0.2, 0) is 11.3 Å². The third-order valence-corrected chi connectivity index (χ3v) is 3.94. The van der Waals surface area contributed by atoms with E-state index >= 15 is 0 Å². The fourth-order valence-corrected chi connectivity index (χ4v) is 2.60. The van der Waals surface area contributed by atoms with Crippen molar-refractivity contribution in [1.29, 1.82) is 0 Å². The van der Waals surface area contributed by atoms with Crippen molar-refractivity contribution in [3.05, 3.63) is 18.5 Å². The molecule has 0 saturated carbocycles. The predicted octanol–water partition coefficient (Wildman–Crippen LogP) is 0.845. The molecule has 3 N–H and O–H groups in total. The summed E-state index contributed by atoms with van der Waals surface area (Å²) in [6, 6.07) is 1.91. The molecule has 1 saturated heterocycles. The third-order valence-electron chi connectivity index (χ3n) is 3.94. The molecule has 23 heavy (non-hydrogen) atoms. The van der Waals surface area contributed by atoms with Crippen LogP contribution in [0.3, 0.4) is 0 Å². The Labute approximate surface area is 154 Å². The van der Waals surface area contributed by atoms with E-state index in [4.69, 9.17) is 4.74 Å². The Morgan fingerprint density at radius 3 is 2.96 bits per heavy atom. The first kappa shape index (κ1) is 20.2. The quantitative estimate of drug-likeness (QED) is 0.319. The molecule has 0 radical (unpaired) electrons. The molecule has 1 aromatic heterocycles. The van der Waals surface area contributed by atoms with Crippen LogP contribution in [0.2, 0.25) is 0 Å². The molecule has 0 bridgehead atoms. The number of aliphatic imine (C=N–C) groups is 1. The van der Waals surface area contributed by atoms with E-state index in [1.54, 1.807) is 6.20 Å². The average molecular weight is 437 g/mol. The van der Waals surface area contributed by atoms with Gasteiger partial charge in [0.2, 0.25) is 0 Å². The number of ether oxygens (including phenoxy) is 1. The summed E-state index contributed by atoms with van der Waals surface area (Å²) < 4.78 is 7.39. The molecule has 8 heteroatoms. The monoisotopic (exact) mass is 437 g/mol. The van der Waals surface area contributed by atoms with Crippen molar-refractivity contribution in [2.75, 3.05) is 39.5 Å². The summed E-state index contributed by atoms with van der Waals surface area (Å²) in [6.45, 7) is 6.72. The van der Waals surface area contributed by atoms with E-state index in [1.807, 2.05) is 23.9 Å². The van der Waals surface area contributed by atoms with E-state index < -0.39 is 0 Å². The number of halogens is 1. The lowest BCUT2D eigenvalue weighted by molar-refractivity contribution is 0.131. The molecule has 1 aliphatic rings. The summed E-state index contributed by atoms with van der Waals surface area (Å²) in [6.07, 6.45) is 5.42. The number of rotatable bonds is 8. The van der Waals surface area contributed by atoms with Crippen LogP contribution in [0.25, 0.3) is 0 Å². The molecule has 7 nitrogen and oxygen atoms in total. The highest BCUT2D eigenvalue weighted by molar-refractivity contribution is 14.0. The summed E-state index contributed by atoms with van der Waals surface area (Å²) in [5.74, 6) is 0.805. The fourth-order valence-electron chi connectivity index (χ4n) is 2.60. The molecule has 1 aliphatic heterocycles. The first-order valence-electron chi connectivity index (χ1n) is 7.96. The van der Waals surface area contributed by atoms with Crippen LogP contribution >= 0.6 is 24.0 Å². The summed E-state index contributed by atoms with van der Waals surface area (Å²) in [7, 11) is 0. The molecule has 1 fully saturated rings. The van der Waals surface area contributed by atoms with Gasteiger partial charge < -0.3 is 20.5 Å². The van der Waals surface area contributed by atoms with Gasteiger partial charge in [-0.15, -0.1) is 24.0 Å². The second kappa shape index (κ2) is 10.8. The van der Waals surface area contributed by atoms with Crippen molar-refractivity contribution in [2.24, 2.45) is 10.4 Å². The fraction of sp³-hybridized carbons (Fsp3) is 0.733. The number of nitrogens with one attached hydrogen (secondary N) is 2. The van der Waals surface area contributed by atoms with Crippen molar-refractivity contribution in [1.82, 2.24) is 20.4 Å². The normalized spacial score (nSPS) is 21.0. The molecule has 0 aliphatic carbocycles. The van der Waals surface area contributed by atoms with Gasteiger partial charge in [0.05, 0.1) is 19.7 Å². The first-order chi connectivity index (χ1) is 10.8. The zero-order chi connectivity index (χ0) is 15.7. The number of hydrogen-bond donors (Lipinski definition) is 3.